The monoisotopic (exact) mass is 367 g/mol. The number of carbonyl (C=O) groups is 1. The molecule has 0 fully saturated rings. The van der Waals surface area contributed by atoms with E-state index in [1.54, 1.807) is 12.1 Å². The van der Waals surface area contributed by atoms with E-state index in [-0.39, 0.29) is 5.56 Å². The predicted molar refractivity (Wildman–Crippen MR) is 89.9 cm³/mol. The summed E-state index contributed by atoms with van der Waals surface area (Å²) in [6, 6.07) is 10.8. The van der Waals surface area contributed by atoms with Crippen molar-refractivity contribution in [2.75, 3.05) is 5.32 Å². The number of hydrogen-bond acceptors (Lipinski definition) is 2. The van der Waals surface area contributed by atoms with Gasteiger partial charge in [-0.05, 0) is 51.7 Å². The topological polar surface area (TPSA) is 49.3 Å². The summed E-state index contributed by atoms with van der Waals surface area (Å²) < 4.78 is 0.756. The summed E-state index contributed by atoms with van der Waals surface area (Å²) >= 11 is 9.58. The molecule has 0 spiro atoms. The lowest BCUT2D eigenvalue weighted by Crippen LogP contribution is -2.04. The molecule has 0 saturated heterocycles. The first kappa shape index (κ1) is 15.9. The van der Waals surface area contributed by atoms with E-state index in [9.17, 15) is 9.90 Å². The van der Waals surface area contributed by atoms with Gasteiger partial charge >= 0.3 is 5.97 Å². The van der Waals surface area contributed by atoms with Crippen molar-refractivity contribution >= 4 is 44.9 Å². The normalized spacial score (nSPS) is 10.7. The Balaban J connectivity index is 2.48. The fourth-order valence-corrected chi connectivity index (χ4v) is 2.50. The van der Waals surface area contributed by atoms with Gasteiger partial charge in [-0.1, -0.05) is 37.6 Å². The summed E-state index contributed by atoms with van der Waals surface area (Å²) in [6.07, 6.45) is 0. The van der Waals surface area contributed by atoms with Crippen LogP contribution in [0.3, 0.4) is 0 Å². The Morgan fingerprint density at radius 3 is 2.57 bits per heavy atom. The van der Waals surface area contributed by atoms with Crippen molar-refractivity contribution in [2.45, 2.75) is 19.8 Å². The van der Waals surface area contributed by atoms with Crippen molar-refractivity contribution in [3.8, 4) is 0 Å². The second kappa shape index (κ2) is 6.50. The molecule has 0 atom stereocenters. The molecule has 0 radical (unpaired) electrons. The van der Waals surface area contributed by atoms with Crippen LogP contribution in [-0.4, -0.2) is 11.1 Å². The lowest BCUT2D eigenvalue weighted by atomic mass is 10.00. The minimum absolute atomic E-state index is 0.218. The van der Waals surface area contributed by atoms with Gasteiger partial charge in [-0.25, -0.2) is 4.79 Å². The number of hydrogen-bond donors (Lipinski definition) is 2. The zero-order valence-corrected chi connectivity index (χ0v) is 14.0. The van der Waals surface area contributed by atoms with Crippen molar-refractivity contribution in [2.24, 2.45) is 0 Å². The Labute approximate surface area is 137 Å². The third-order valence-corrected chi connectivity index (χ3v) is 4.46. The van der Waals surface area contributed by atoms with Gasteiger partial charge in [0.1, 0.15) is 0 Å². The van der Waals surface area contributed by atoms with Crippen LogP contribution in [0.2, 0.25) is 5.02 Å². The third-order valence-electron chi connectivity index (χ3n) is 3.16. The van der Waals surface area contributed by atoms with E-state index in [0.29, 0.717) is 22.3 Å². The molecule has 5 heteroatoms. The number of halogens is 2. The Bertz CT molecular complexity index is 686. The molecule has 2 aromatic carbocycles. The van der Waals surface area contributed by atoms with Crippen LogP contribution in [0, 0.1) is 0 Å². The van der Waals surface area contributed by atoms with Crippen LogP contribution < -0.4 is 5.32 Å². The van der Waals surface area contributed by atoms with Gasteiger partial charge in [0.05, 0.1) is 22.0 Å². The van der Waals surface area contributed by atoms with Crippen LogP contribution in [0.5, 0.6) is 0 Å². The van der Waals surface area contributed by atoms with Crippen LogP contribution in [0.15, 0.2) is 40.9 Å². The van der Waals surface area contributed by atoms with Gasteiger partial charge in [0, 0.05) is 4.47 Å². The van der Waals surface area contributed by atoms with Crippen LogP contribution in [0.4, 0.5) is 11.4 Å². The summed E-state index contributed by atoms with van der Waals surface area (Å²) in [5.41, 5.74) is 2.48. The molecular formula is C16H15BrClNO2. The second-order valence-corrected chi connectivity index (χ2v) is 6.22. The lowest BCUT2D eigenvalue weighted by molar-refractivity contribution is 0.0698. The third kappa shape index (κ3) is 3.57. The Morgan fingerprint density at radius 1 is 1.24 bits per heavy atom. The molecule has 0 aromatic heterocycles. The number of carboxylic acid groups (broad SMARTS) is 1. The molecule has 2 rings (SSSR count). The number of benzene rings is 2. The van der Waals surface area contributed by atoms with Crippen molar-refractivity contribution in [3.63, 3.8) is 0 Å². The fourth-order valence-electron chi connectivity index (χ4n) is 1.96. The minimum Gasteiger partial charge on any atom is -0.478 e. The highest BCUT2D eigenvalue weighted by Gasteiger charge is 2.14. The first-order valence-electron chi connectivity index (χ1n) is 6.48. The molecule has 2 N–H and O–H groups in total. The molecule has 3 nitrogen and oxygen atoms in total. The first-order valence-corrected chi connectivity index (χ1v) is 7.65. The molecule has 21 heavy (non-hydrogen) atoms. The molecule has 2 aromatic rings. The Kier molecular flexibility index (Phi) is 4.91. The summed E-state index contributed by atoms with van der Waals surface area (Å²) in [6.45, 7) is 4.12. The summed E-state index contributed by atoms with van der Waals surface area (Å²) in [5.74, 6) is -0.662. The van der Waals surface area contributed by atoms with Crippen molar-refractivity contribution in [3.05, 3.63) is 57.0 Å². The zero-order valence-electron chi connectivity index (χ0n) is 11.7. The van der Waals surface area contributed by atoms with Gasteiger partial charge in [0.15, 0.2) is 0 Å². The van der Waals surface area contributed by atoms with E-state index < -0.39 is 5.97 Å². The number of carboxylic acids is 1. The maximum Gasteiger partial charge on any atom is 0.337 e. The van der Waals surface area contributed by atoms with Gasteiger partial charge in [-0.15, -0.1) is 0 Å². The summed E-state index contributed by atoms with van der Waals surface area (Å²) in [4.78, 5) is 11.4. The summed E-state index contributed by atoms with van der Waals surface area (Å²) in [5, 5.41) is 12.9. The molecule has 0 amide bonds. The van der Waals surface area contributed by atoms with Crippen molar-refractivity contribution in [1.82, 2.24) is 0 Å². The highest BCUT2D eigenvalue weighted by Crippen LogP contribution is 2.33. The largest absolute Gasteiger partial charge is 0.478 e. The van der Waals surface area contributed by atoms with E-state index in [4.69, 9.17) is 11.6 Å². The fraction of sp³-hybridized carbons (Fsp3) is 0.188. The van der Waals surface area contributed by atoms with Crippen LogP contribution in [-0.2, 0) is 0 Å². The minimum atomic E-state index is -0.973. The number of nitrogens with one attached hydrogen (secondary N) is 1. The molecule has 0 saturated carbocycles. The zero-order chi connectivity index (χ0) is 15.6. The van der Waals surface area contributed by atoms with E-state index >= 15 is 0 Å². The van der Waals surface area contributed by atoms with Gasteiger partial charge in [0.25, 0.3) is 0 Å². The molecule has 0 heterocycles. The number of anilines is 2. The molecule has 0 unspecified atom stereocenters. The highest BCUT2D eigenvalue weighted by atomic mass is 79.9. The Morgan fingerprint density at radius 2 is 1.95 bits per heavy atom. The maximum absolute atomic E-state index is 11.4. The second-order valence-electron chi connectivity index (χ2n) is 4.99. The average molecular weight is 369 g/mol. The van der Waals surface area contributed by atoms with Gasteiger partial charge < -0.3 is 10.4 Å². The molecule has 0 aliphatic carbocycles. The van der Waals surface area contributed by atoms with Crippen LogP contribution in [0.1, 0.15) is 35.7 Å². The molecule has 0 aliphatic rings. The highest BCUT2D eigenvalue weighted by molar-refractivity contribution is 9.10. The summed E-state index contributed by atoms with van der Waals surface area (Å²) in [7, 11) is 0. The van der Waals surface area contributed by atoms with Gasteiger partial charge in [-0.2, -0.15) is 0 Å². The molecule has 110 valence electrons. The van der Waals surface area contributed by atoms with E-state index in [1.807, 2.05) is 24.3 Å². The van der Waals surface area contributed by atoms with Gasteiger partial charge in [0.2, 0.25) is 0 Å². The number of aromatic carboxylic acids is 1. The van der Waals surface area contributed by atoms with E-state index in [2.05, 4.69) is 35.1 Å². The van der Waals surface area contributed by atoms with Crippen molar-refractivity contribution in [1.29, 1.82) is 0 Å². The Hall–Kier alpha value is -1.52. The maximum atomic E-state index is 11.4. The number of rotatable bonds is 4. The quantitative estimate of drug-likeness (QED) is 0.731. The molecule has 0 aliphatic heterocycles. The standard InChI is InChI=1S/C16H15BrClNO2/c1-9(2)10-6-7-11(16(20)21)14(8-10)19-13-5-3-4-12(17)15(13)18/h3-9,19H,1-2H3,(H,20,21). The van der Waals surface area contributed by atoms with Crippen LogP contribution in [0.25, 0.3) is 0 Å². The molecular weight excluding hydrogens is 354 g/mol. The lowest BCUT2D eigenvalue weighted by Gasteiger charge is -2.14. The van der Waals surface area contributed by atoms with E-state index in [0.717, 1.165) is 10.0 Å². The SMILES string of the molecule is CC(C)c1ccc(C(=O)O)c(Nc2cccc(Br)c2Cl)c1. The van der Waals surface area contributed by atoms with Crippen molar-refractivity contribution < 1.29 is 9.90 Å². The average Bonchev–Trinajstić information content (AvgIpc) is 2.43. The van der Waals surface area contributed by atoms with Crippen LogP contribution >= 0.6 is 27.5 Å². The van der Waals surface area contributed by atoms with E-state index in [1.165, 1.54) is 0 Å². The van der Waals surface area contributed by atoms with Gasteiger partial charge in [-0.3, -0.25) is 0 Å². The molecule has 0 bridgehead atoms. The predicted octanol–water partition coefficient (Wildman–Crippen LogP) is 5.67. The first-order chi connectivity index (χ1) is 9.90. The smallest absolute Gasteiger partial charge is 0.337 e.